The van der Waals surface area contributed by atoms with E-state index in [1.807, 2.05) is 89.2 Å². The van der Waals surface area contributed by atoms with Gasteiger partial charge in [0.05, 0.1) is 11.9 Å². The molecule has 9 heteroatoms. The van der Waals surface area contributed by atoms with Crippen LogP contribution in [0.25, 0.3) is 0 Å². The van der Waals surface area contributed by atoms with Crippen LogP contribution >= 0.6 is 15.9 Å². The number of hydrogen-bond acceptors (Lipinski definition) is 4. The lowest BCUT2D eigenvalue weighted by Gasteiger charge is -2.35. The van der Waals surface area contributed by atoms with Crippen molar-refractivity contribution in [1.29, 1.82) is 0 Å². The lowest BCUT2D eigenvalue weighted by molar-refractivity contribution is -0.140. The predicted octanol–water partition coefficient (Wildman–Crippen LogP) is 5.39. The third-order valence-electron chi connectivity index (χ3n) is 6.31. The standard InChI is InChI=1S/C31H38BrN3O4S/c1-22-11-10-14-25(17-22)20-34(28(30(37)33-31(3,4)5)19-24-12-8-7-9-13-24)29(36)21-35(40(6,38)39)26-15-16-27(32)23(2)18-26/h7-18,28H,19-21H2,1-6H3,(H,33,37)/t28-/m0/s1. The average molecular weight is 629 g/mol. The second-order valence-electron chi connectivity index (χ2n) is 11.2. The highest BCUT2D eigenvalue weighted by molar-refractivity contribution is 9.10. The summed E-state index contributed by atoms with van der Waals surface area (Å²) in [6.07, 6.45) is 1.35. The van der Waals surface area contributed by atoms with Gasteiger partial charge in [-0.05, 0) is 69.5 Å². The topological polar surface area (TPSA) is 86.8 Å². The van der Waals surface area contributed by atoms with Crippen LogP contribution in [-0.4, -0.2) is 49.5 Å². The van der Waals surface area contributed by atoms with Crippen LogP contribution in [0.5, 0.6) is 0 Å². The minimum absolute atomic E-state index is 0.145. The van der Waals surface area contributed by atoms with Crippen LogP contribution in [0.15, 0.2) is 77.3 Å². The van der Waals surface area contributed by atoms with Crippen LogP contribution in [0.4, 0.5) is 5.69 Å². The molecule has 0 fully saturated rings. The lowest BCUT2D eigenvalue weighted by Crippen LogP contribution is -2.56. The highest BCUT2D eigenvalue weighted by Gasteiger charge is 2.34. The van der Waals surface area contributed by atoms with Gasteiger partial charge in [-0.15, -0.1) is 0 Å². The Morgan fingerprint density at radius 2 is 1.57 bits per heavy atom. The molecule has 0 heterocycles. The van der Waals surface area contributed by atoms with Crippen LogP contribution < -0.4 is 9.62 Å². The fourth-order valence-corrected chi connectivity index (χ4v) is 5.50. The minimum Gasteiger partial charge on any atom is -0.350 e. The van der Waals surface area contributed by atoms with Gasteiger partial charge in [-0.25, -0.2) is 8.42 Å². The van der Waals surface area contributed by atoms with Gasteiger partial charge in [0.1, 0.15) is 12.6 Å². The third-order valence-corrected chi connectivity index (χ3v) is 8.34. The van der Waals surface area contributed by atoms with Crippen molar-refractivity contribution in [2.45, 2.75) is 59.2 Å². The number of amides is 2. The molecule has 0 saturated carbocycles. The van der Waals surface area contributed by atoms with Crippen LogP contribution in [0.3, 0.4) is 0 Å². The Kier molecular flexibility index (Phi) is 10.2. The first-order valence-electron chi connectivity index (χ1n) is 13.1. The Balaban J connectivity index is 2.09. The van der Waals surface area contributed by atoms with Crippen molar-refractivity contribution < 1.29 is 18.0 Å². The number of carbonyl (C=O) groups excluding carboxylic acids is 2. The Hall–Kier alpha value is -3.17. The monoisotopic (exact) mass is 627 g/mol. The molecule has 3 aromatic rings. The molecule has 3 rings (SSSR count). The van der Waals surface area contributed by atoms with Gasteiger partial charge in [-0.2, -0.15) is 0 Å². The number of benzene rings is 3. The van der Waals surface area contributed by atoms with E-state index < -0.39 is 34.1 Å². The van der Waals surface area contributed by atoms with Gasteiger partial charge >= 0.3 is 0 Å². The van der Waals surface area contributed by atoms with Crippen LogP contribution in [0.1, 0.15) is 43.0 Å². The molecule has 0 unspecified atom stereocenters. The van der Waals surface area contributed by atoms with Crippen molar-refractivity contribution in [3.05, 3.63) is 99.5 Å². The van der Waals surface area contributed by atoms with E-state index in [0.29, 0.717) is 5.69 Å². The van der Waals surface area contributed by atoms with Crippen molar-refractivity contribution in [1.82, 2.24) is 10.2 Å². The zero-order chi connectivity index (χ0) is 29.7. The Morgan fingerprint density at radius 1 is 0.925 bits per heavy atom. The van der Waals surface area contributed by atoms with E-state index in [4.69, 9.17) is 0 Å². The summed E-state index contributed by atoms with van der Waals surface area (Å²) in [5.41, 5.74) is 3.44. The molecule has 2 amide bonds. The molecule has 0 aliphatic heterocycles. The maximum Gasteiger partial charge on any atom is 0.244 e. The van der Waals surface area contributed by atoms with Crippen LogP contribution in [0.2, 0.25) is 0 Å². The molecule has 0 spiro atoms. The second kappa shape index (κ2) is 13.0. The Bertz CT molecular complexity index is 1450. The summed E-state index contributed by atoms with van der Waals surface area (Å²) in [6.45, 7) is 9.18. The van der Waals surface area contributed by atoms with Crippen molar-refractivity contribution in [3.63, 3.8) is 0 Å². The maximum atomic E-state index is 14.1. The number of rotatable bonds is 10. The number of anilines is 1. The summed E-state index contributed by atoms with van der Waals surface area (Å²) in [5.74, 6) is -0.778. The summed E-state index contributed by atoms with van der Waals surface area (Å²) in [4.78, 5) is 29.4. The number of sulfonamides is 1. The smallest absolute Gasteiger partial charge is 0.244 e. The number of halogens is 1. The number of nitrogens with one attached hydrogen (secondary N) is 1. The van der Waals surface area contributed by atoms with Gasteiger partial charge in [0.15, 0.2) is 0 Å². The number of carbonyl (C=O) groups is 2. The highest BCUT2D eigenvalue weighted by Crippen LogP contribution is 2.25. The normalized spacial score (nSPS) is 12.5. The zero-order valence-corrected chi connectivity index (χ0v) is 26.3. The van der Waals surface area contributed by atoms with Gasteiger partial charge in [0.25, 0.3) is 0 Å². The van der Waals surface area contributed by atoms with E-state index in [9.17, 15) is 18.0 Å². The van der Waals surface area contributed by atoms with Gasteiger partial charge < -0.3 is 10.2 Å². The van der Waals surface area contributed by atoms with Crippen LogP contribution in [-0.2, 0) is 32.6 Å². The molecule has 1 N–H and O–H groups in total. The molecule has 0 aliphatic rings. The summed E-state index contributed by atoms with van der Waals surface area (Å²) in [6, 6.07) is 21.5. The van der Waals surface area contributed by atoms with E-state index >= 15 is 0 Å². The van der Waals surface area contributed by atoms with Gasteiger partial charge in [-0.3, -0.25) is 13.9 Å². The molecule has 1 atom stereocenters. The largest absolute Gasteiger partial charge is 0.350 e. The summed E-state index contributed by atoms with van der Waals surface area (Å²) in [7, 11) is -3.82. The summed E-state index contributed by atoms with van der Waals surface area (Å²) >= 11 is 3.45. The lowest BCUT2D eigenvalue weighted by atomic mass is 10.0. The van der Waals surface area contributed by atoms with Crippen LogP contribution in [0, 0.1) is 13.8 Å². The molecule has 0 aliphatic carbocycles. The molecule has 40 heavy (non-hydrogen) atoms. The van der Waals surface area contributed by atoms with Crippen molar-refractivity contribution in [2.75, 3.05) is 17.1 Å². The number of nitrogens with zero attached hydrogens (tertiary/aromatic N) is 2. The van der Waals surface area contributed by atoms with Crippen molar-refractivity contribution in [3.8, 4) is 0 Å². The summed E-state index contributed by atoms with van der Waals surface area (Å²) < 4.78 is 27.8. The first kappa shape index (κ1) is 31.4. The van der Waals surface area contributed by atoms with E-state index in [-0.39, 0.29) is 18.9 Å². The number of aryl methyl sites for hydroxylation is 2. The van der Waals surface area contributed by atoms with Gasteiger partial charge in [0, 0.05) is 23.0 Å². The summed E-state index contributed by atoms with van der Waals surface area (Å²) in [5, 5.41) is 3.03. The molecular weight excluding hydrogens is 590 g/mol. The van der Waals surface area contributed by atoms with Crippen molar-refractivity contribution >= 4 is 43.5 Å². The van der Waals surface area contributed by atoms with E-state index in [1.54, 1.807) is 18.2 Å². The quantitative estimate of drug-likeness (QED) is 0.327. The minimum atomic E-state index is -3.82. The van der Waals surface area contributed by atoms with E-state index in [1.165, 1.54) is 4.90 Å². The Labute approximate surface area is 246 Å². The molecule has 0 saturated heterocycles. The van der Waals surface area contributed by atoms with Gasteiger partial charge in [0.2, 0.25) is 21.8 Å². The first-order valence-corrected chi connectivity index (χ1v) is 15.7. The van der Waals surface area contributed by atoms with Crippen molar-refractivity contribution in [2.24, 2.45) is 0 Å². The molecule has 7 nitrogen and oxygen atoms in total. The fraction of sp³-hybridized carbons (Fsp3) is 0.355. The number of hydrogen-bond donors (Lipinski definition) is 1. The van der Waals surface area contributed by atoms with Gasteiger partial charge in [-0.1, -0.05) is 76.1 Å². The average Bonchev–Trinajstić information content (AvgIpc) is 2.85. The van der Waals surface area contributed by atoms with E-state index in [2.05, 4.69) is 21.2 Å². The highest BCUT2D eigenvalue weighted by atomic mass is 79.9. The zero-order valence-electron chi connectivity index (χ0n) is 23.9. The molecular formula is C31H38BrN3O4S. The predicted molar refractivity (Wildman–Crippen MR) is 165 cm³/mol. The molecule has 0 radical (unpaired) electrons. The first-order chi connectivity index (χ1) is 18.6. The molecule has 214 valence electrons. The SMILES string of the molecule is Cc1cccc(CN(C(=O)CN(c2ccc(Br)c(C)c2)S(C)(=O)=O)[C@@H](Cc2ccccc2)C(=O)NC(C)(C)C)c1. The third kappa shape index (κ3) is 8.93. The molecule has 3 aromatic carbocycles. The van der Waals surface area contributed by atoms with E-state index in [0.717, 1.165) is 37.3 Å². The maximum absolute atomic E-state index is 14.1. The molecule has 0 bridgehead atoms. The molecule has 0 aromatic heterocycles. The Morgan fingerprint density at radius 3 is 2.15 bits per heavy atom. The fourth-order valence-electron chi connectivity index (χ4n) is 4.41. The second-order valence-corrected chi connectivity index (χ2v) is 13.9.